The minimum atomic E-state index is 0.164. The summed E-state index contributed by atoms with van der Waals surface area (Å²) in [5.74, 6) is 2.17. The molecule has 2 aromatic rings. The van der Waals surface area contributed by atoms with Crippen LogP contribution in [-0.2, 0) is 0 Å². The van der Waals surface area contributed by atoms with E-state index in [0.717, 1.165) is 36.7 Å². The van der Waals surface area contributed by atoms with E-state index in [1.54, 1.807) is 14.2 Å². The number of nitrogens with zero attached hydrogens (tertiary/aromatic N) is 1. The Morgan fingerprint density at radius 1 is 1.18 bits per heavy atom. The van der Waals surface area contributed by atoms with Crippen LogP contribution < -0.4 is 20.1 Å². The van der Waals surface area contributed by atoms with Crippen molar-refractivity contribution >= 4 is 17.0 Å². The lowest BCUT2D eigenvalue weighted by Gasteiger charge is -2.38. The van der Waals surface area contributed by atoms with Crippen LogP contribution in [0.4, 0.5) is 5.69 Å². The Balaban J connectivity index is 1.90. The monoisotopic (exact) mass is 318 g/mol. The molecule has 2 heterocycles. The SMILES string of the molecule is COc1ccc(OC)c(N2CC(N)CC(c3cccs3)C2)c1. The fraction of sp³-hybridized carbons (Fsp3) is 0.412. The second-order valence-corrected chi connectivity index (χ2v) is 6.63. The third-order valence-electron chi connectivity index (χ3n) is 4.16. The molecule has 3 rings (SSSR count). The van der Waals surface area contributed by atoms with E-state index in [4.69, 9.17) is 15.2 Å². The van der Waals surface area contributed by atoms with Gasteiger partial charge in [-0.3, -0.25) is 0 Å². The third-order valence-corrected chi connectivity index (χ3v) is 5.19. The van der Waals surface area contributed by atoms with Crippen LogP contribution in [0, 0.1) is 0 Å². The zero-order chi connectivity index (χ0) is 15.5. The minimum absolute atomic E-state index is 0.164. The second-order valence-electron chi connectivity index (χ2n) is 5.65. The molecule has 0 amide bonds. The van der Waals surface area contributed by atoms with E-state index >= 15 is 0 Å². The topological polar surface area (TPSA) is 47.7 Å². The maximum atomic E-state index is 6.31. The van der Waals surface area contributed by atoms with Crippen LogP contribution in [0.2, 0.25) is 0 Å². The van der Waals surface area contributed by atoms with Crippen molar-refractivity contribution in [3.8, 4) is 11.5 Å². The van der Waals surface area contributed by atoms with Gasteiger partial charge in [0.05, 0.1) is 19.9 Å². The Kier molecular flexibility index (Phi) is 4.55. The van der Waals surface area contributed by atoms with Gasteiger partial charge in [0.1, 0.15) is 11.5 Å². The molecule has 2 N–H and O–H groups in total. The van der Waals surface area contributed by atoms with Gasteiger partial charge in [-0.15, -0.1) is 11.3 Å². The van der Waals surface area contributed by atoms with E-state index in [1.165, 1.54) is 4.88 Å². The molecule has 1 saturated heterocycles. The van der Waals surface area contributed by atoms with E-state index in [-0.39, 0.29) is 6.04 Å². The van der Waals surface area contributed by atoms with Gasteiger partial charge in [-0.1, -0.05) is 6.07 Å². The third kappa shape index (κ3) is 3.05. The summed E-state index contributed by atoms with van der Waals surface area (Å²) in [5.41, 5.74) is 7.37. The molecule has 1 aliphatic heterocycles. The number of methoxy groups -OCH3 is 2. The van der Waals surface area contributed by atoms with Gasteiger partial charge < -0.3 is 20.1 Å². The normalized spacial score (nSPS) is 21.7. The fourth-order valence-electron chi connectivity index (χ4n) is 3.11. The lowest BCUT2D eigenvalue weighted by atomic mass is 9.93. The van der Waals surface area contributed by atoms with Crippen LogP contribution in [0.3, 0.4) is 0 Å². The van der Waals surface area contributed by atoms with Crippen LogP contribution in [0.15, 0.2) is 35.7 Å². The summed E-state index contributed by atoms with van der Waals surface area (Å²) in [5, 5.41) is 2.13. The van der Waals surface area contributed by atoms with Crippen molar-refractivity contribution in [1.82, 2.24) is 0 Å². The number of benzene rings is 1. The first-order chi connectivity index (χ1) is 10.7. The van der Waals surface area contributed by atoms with Crippen LogP contribution in [-0.4, -0.2) is 33.4 Å². The number of hydrogen-bond donors (Lipinski definition) is 1. The molecule has 0 aliphatic carbocycles. The predicted molar refractivity (Wildman–Crippen MR) is 91.4 cm³/mol. The van der Waals surface area contributed by atoms with Crippen LogP contribution >= 0.6 is 11.3 Å². The molecule has 0 radical (unpaired) electrons. The molecule has 22 heavy (non-hydrogen) atoms. The molecule has 4 nitrogen and oxygen atoms in total. The van der Waals surface area contributed by atoms with Crippen molar-refractivity contribution < 1.29 is 9.47 Å². The average Bonchev–Trinajstić information content (AvgIpc) is 3.08. The lowest BCUT2D eigenvalue weighted by molar-refractivity contribution is 0.397. The highest BCUT2D eigenvalue weighted by Gasteiger charge is 2.28. The molecule has 1 fully saturated rings. The van der Waals surface area contributed by atoms with E-state index in [1.807, 2.05) is 29.5 Å². The molecule has 5 heteroatoms. The number of anilines is 1. The Morgan fingerprint density at radius 3 is 2.73 bits per heavy atom. The molecule has 118 valence electrons. The van der Waals surface area contributed by atoms with Crippen molar-refractivity contribution in [2.24, 2.45) is 5.73 Å². The number of rotatable bonds is 4. The van der Waals surface area contributed by atoms with Crippen molar-refractivity contribution in [3.05, 3.63) is 40.6 Å². The molecule has 0 spiro atoms. The zero-order valence-electron chi connectivity index (χ0n) is 13.0. The summed E-state index contributed by atoms with van der Waals surface area (Å²) in [7, 11) is 3.38. The molecule has 1 aromatic heterocycles. The summed E-state index contributed by atoms with van der Waals surface area (Å²) in [6.45, 7) is 1.79. The Bertz CT molecular complexity index is 615. The Morgan fingerprint density at radius 2 is 2.05 bits per heavy atom. The van der Waals surface area contributed by atoms with Crippen LogP contribution in [0.25, 0.3) is 0 Å². The van der Waals surface area contributed by atoms with Gasteiger partial charge in [0.2, 0.25) is 0 Å². The molecule has 0 bridgehead atoms. The smallest absolute Gasteiger partial charge is 0.142 e. The van der Waals surface area contributed by atoms with Crippen LogP contribution in [0.5, 0.6) is 11.5 Å². The van der Waals surface area contributed by atoms with Crippen molar-refractivity contribution in [3.63, 3.8) is 0 Å². The quantitative estimate of drug-likeness (QED) is 0.941. The Hall–Kier alpha value is -1.72. The summed E-state index contributed by atoms with van der Waals surface area (Å²) in [6, 6.07) is 10.4. The van der Waals surface area contributed by atoms with Gasteiger partial charge in [-0.05, 0) is 30.0 Å². The standard InChI is InChI=1S/C17H22N2O2S/c1-20-14-5-6-16(21-2)15(9-14)19-10-12(8-13(18)11-19)17-4-3-7-22-17/h3-7,9,12-13H,8,10-11,18H2,1-2H3. The molecule has 1 aromatic carbocycles. The van der Waals surface area contributed by atoms with Crippen LogP contribution in [0.1, 0.15) is 17.2 Å². The first kappa shape index (κ1) is 15.2. The van der Waals surface area contributed by atoms with Gasteiger partial charge in [-0.2, -0.15) is 0 Å². The highest BCUT2D eigenvalue weighted by molar-refractivity contribution is 7.10. The van der Waals surface area contributed by atoms with E-state index in [2.05, 4.69) is 22.4 Å². The number of piperidine rings is 1. The largest absolute Gasteiger partial charge is 0.497 e. The summed E-state index contributed by atoms with van der Waals surface area (Å²) < 4.78 is 10.9. The van der Waals surface area contributed by atoms with Gasteiger partial charge >= 0.3 is 0 Å². The first-order valence-electron chi connectivity index (χ1n) is 7.47. The van der Waals surface area contributed by atoms with Crippen molar-refractivity contribution in [2.45, 2.75) is 18.4 Å². The van der Waals surface area contributed by atoms with Gasteiger partial charge in [-0.25, -0.2) is 0 Å². The number of nitrogens with two attached hydrogens (primary N) is 1. The molecule has 1 aliphatic rings. The van der Waals surface area contributed by atoms with E-state index in [0.29, 0.717) is 5.92 Å². The highest BCUT2D eigenvalue weighted by Crippen LogP contribution is 2.37. The van der Waals surface area contributed by atoms with Crippen molar-refractivity contribution in [2.75, 3.05) is 32.2 Å². The highest BCUT2D eigenvalue weighted by atomic mass is 32.1. The predicted octanol–water partition coefficient (Wildman–Crippen LogP) is 3.09. The molecule has 2 unspecified atom stereocenters. The maximum absolute atomic E-state index is 6.31. The fourth-order valence-corrected chi connectivity index (χ4v) is 3.94. The minimum Gasteiger partial charge on any atom is -0.497 e. The average molecular weight is 318 g/mol. The maximum Gasteiger partial charge on any atom is 0.142 e. The molecular formula is C17H22N2O2S. The summed E-state index contributed by atoms with van der Waals surface area (Å²) >= 11 is 1.81. The summed E-state index contributed by atoms with van der Waals surface area (Å²) in [4.78, 5) is 3.72. The second kappa shape index (κ2) is 6.58. The zero-order valence-corrected chi connectivity index (χ0v) is 13.8. The van der Waals surface area contributed by atoms with Crippen molar-refractivity contribution in [1.29, 1.82) is 0 Å². The van der Waals surface area contributed by atoms with Gasteiger partial charge in [0.25, 0.3) is 0 Å². The molecule has 0 saturated carbocycles. The number of ether oxygens (including phenoxy) is 2. The molecule has 2 atom stereocenters. The van der Waals surface area contributed by atoms with E-state index < -0.39 is 0 Å². The summed E-state index contributed by atoms with van der Waals surface area (Å²) in [6.07, 6.45) is 1.03. The van der Waals surface area contributed by atoms with Gasteiger partial charge in [0.15, 0.2) is 0 Å². The van der Waals surface area contributed by atoms with E-state index in [9.17, 15) is 0 Å². The van der Waals surface area contributed by atoms with Gasteiger partial charge in [0, 0.05) is 36.0 Å². The molecular weight excluding hydrogens is 296 g/mol. The first-order valence-corrected chi connectivity index (χ1v) is 8.35. The lowest BCUT2D eigenvalue weighted by Crippen LogP contribution is -2.46. The Labute approximate surface area is 135 Å². The number of hydrogen-bond acceptors (Lipinski definition) is 5. The number of thiophene rings is 1.